The van der Waals surface area contributed by atoms with E-state index in [1.165, 1.54) is 18.2 Å². The molecule has 3 N–H and O–H groups in total. The molecule has 0 radical (unpaired) electrons. The molecule has 0 saturated carbocycles. The molecule has 0 fully saturated rings. The van der Waals surface area contributed by atoms with Gasteiger partial charge < -0.3 is 15.7 Å². The van der Waals surface area contributed by atoms with Gasteiger partial charge in [-0.05, 0) is 24.3 Å². The van der Waals surface area contributed by atoms with Gasteiger partial charge in [0.2, 0.25) is 0 Å². The number of halogens is 3. The van der Waals surface area contributed by atoms with Crippen molar-refractivity contribution in [2.45, 2.75) is 6.61 Å². The topological polar surface area (TPSA) is 67.8 Å². The Morgan fingerprint density at radius 2 is 1.86 bits per heavy atom. The first-order valence-electron chi connectivity index (χ1n) is 5.85. The maximum Gasteiger partial charge on any atom is 0.170 e. The van der Waals surface area contributed by atoms with Crippen LogP contribution in [0.5, 0.6) is 5.75 Å². The molecular weight excluding hydrogens is 318 g/mol. The third-order valence-electron chi connectivity index (χ3n) is 2.69. The molecule has 0 bridgehead atoms. The zero-order valence-corrected chi connectivity index (χ0v) is 12.2. The standard InChI is InChI=1S/C14H11Cl2FN2O2/c15-10-4-11(16)6-12(5-10)21-7-9-2-1-8(3-13(9)17)14(18)19-20/h1-6,20H,7H2,(H2,18,19). The molecule has 110 valence electrons. The van der Waals surface area contributed by atoms with Crippen molar-refractivity contribution in [3.8, 4) is 5.75 Å². The summed E-state index contributed by atoms with van der Waals surface area (Å²) in [7, 11) is 0. The SMILES string of the molecule is N/C(=N\O)c1ccc(COc2cc(Cl)cc(Cl)c2)c(F)c1. The molecular formula is C14H11Cl2FN2O2. The fourth-order valence-corrected chi connectivity index (χ4v) is 2.16. The van der Waals surface area contributed by atoms with Gasteiger partial charge in [0.05, 0.1) is 0 Å². The maximum atomic E-state index is 13.9. The predicted octanol–water partition coefficient (Wildman–Crippen LogP) is 3.81. The predicted molar refractivity (Wildman–Crippen MR) is 79.7 cm³/mol. The molecule has 21 heavy (non-hydrogen) atoms. The van der Waals surface area contributed by atoms with E-state index in [0.717, 1.165) is 0 Å². The highest BCUT2D eigenvalue weighted by Crippen LogP contribution is 2.25. The number of oxime groups is 1. The minimum atomic E-state index is -0.521. The fourth-order valence-electron chi connectivity index (χ4n) is 1.65. The molecule has 0 aliphatic heterocycles. The number of nitrogens with zero attached hydrogens (tertiary/aromatic N) is 1. The number of benzene rings is 2. The van der Waals surface area contributed by atoms with E-state index in [1.54, 1.807) is 18.2 Å². The Morgan fingerprint density at radius 1 is 1.19 bits per heavy atom. The molecule has 0 saturated heterocycles. The molecule has 0 aromatic heterocycles. The summed E-state index contributed by atoms with van der Waals surface area (Å²) < 4.78 is 19.3. The summed E-state index contributed by atoms with van der Waals surface area (Å²) >= 11 is 11.7. The molecule has 4 nitrogen and oxygen atoms in total. The highest BCUT2D eigenvalue weighted by atomic mass is 35.5. The van der Waals surface area contributed by atoms with E-state index >= 15 is 0 Å². The number of amidine groups is 1. The quantitative estimate of drug-likeness (QED) is 0.388. The van der Waals surface area contributed by atoms with E-state index in [2.05, 4.69) is 5.16 Å². The fraction of sp³-hybridized carbons (Fsp3) is 0.0714. The number of ether oxygens (including phenoxy) is 1. The maximum absolute atomic E-state index is 13.9. The van der Waals surface area contributed by atoms with Crippen LogP contribution in [0.4, 0.5) is 4.39 Å². The van der Waals surface area contributed by atoms with Crippen LogP contribution < -0.4 is 10.5 Å². The normalized spacial score (nSPS) is 11.5. The van der Waals surface area contributed by atoms with E-state index < -0.39 is 5.82 Å². The molecule has 0 atom stereocenters. The molecule has 2 aromatic rings. The van der Waals surface area contributed by atoms with Crippen LogP contribution in [0.1, 0.15) is 11.1 Å². The zero-order chi connectivity index (χ0) is 15.4. The Balaban J connectivity index is 2.13. The summed E-state index contributed by atoms with van der Waals surface area (Å²) in [5.74, 6) is -0.248. The molecule has 0 spiro atoms. The molecule has 2 rings (SSSR count). The van der Waals surface area contributed by atoms with Crippen LogP contribution in [0.25, 0.3) is 0 Å². The van der Waals surface area contributed by atoms with Gasteiger partial charge in [0.1, 0.15) is 18.2 Å². The van der Waals surface area contributed by atoms with Crippen molar-refractivity contribution in [2.24, 2.45) is 10.9 Å². The lowest BCUT2D eigenvalue weighted by Crippen LogP contribution is -2.13. The van der Waals surface area contributed by atoms with Crippen LogP contribution in [0, 0.1) is 5.82 Å². The number of rotatable bonds is 4. The van der Waals surface area contributed by atoms with Crippen LogP contribution in [-0.4, -0.2) is 11.0 Å². The average Bonchev–Trinajstić information content (AvgIpc) is 2.44. The van der Waals surface area contributed by atoms with Gasteiger partial charge >= 0.3 is 0 Å². The van der Waals surface area contributed by atoms with Gasteiger partial charge in [0, 0.05) is 21.2 Å². The van der Waals surface area contributed by atoms with Crippen LogP contribution >= 0.6 is 23.2 Å². The zero-order valence-electron chi connectivity index (χ0n) is 10.7. The number of nitrogens with two attached hydrogens (primary N) is 1. The lowest BCUT2D eigenvalue weighted by atomic mass is 10.1. The third-order valence-corrected chi connectivity index (χ3v) is 3.12. The van der Waals surface area contributed by atoms with Gasteiger partial charge in [-0.1, -0.05) is 40.5 Å². The Morgan fingerprint density at radius 3 is 2.43 bits per heavy atom. The van der Waals surface area contributed by atoms with E-state index in [0.29, 0.717) is 21.4 Å². The van der Waals surface area contributed by atoms with Crippen LogP contribution in [-0.2, 0) is 6.61 Å². The van der Waals surface area contributed by atoms with Gasteiger partial charge in [-0.3, -0.25) is 0 Å². The first-order chi connectivity index (χ1) is 9.99. The van der Waals surface area contributed by atoms with Crippen LogP contribution in [0.15, 0.2) is 41.6 Å². The molecule has 0 amide bonds. The van der Waals surface area contributed by atoms with Gasteiger partial charge in [0.25, 0.3) is 0 Å². The first kappa shape index (κ1) is 15.4. The highest BCUT2D eigenvalue weighted by molar-refractivity contribution is 6.34. The van der Waals surface area contributed by atoms with Gasteiger partial charge in [0.15, 0.2) is 5.84 Å². The van der Waals surface area contributed by atoms with E-state index in [1.807, 2.05) is 0 Å². The summed E-state index contributed by atoms with van der Waals surface area (Å²) in [5, 5.41) is 12.2. The smallest absolute Gasteiger partial charge is 0.170 e. The van der Waals surface area contributed by atoms with Crippen molar-refractivity contribution < 1.29 is 14.3 Å². The van der Waals surface area contributed by atoms with Gasteiger partial charge in [-0.2, -0.15) is 0 Å². The largest absolute Gasteiger partial charge is 0.489 e. The molecule has 0 heterocycles. The molecule has 0 aliphatic carbocycles. The lowest BCUT2D eigenvalue weighted by molar-refractivity contribution is 0.300. The molecule has 0 unspecified atom stereocenters. The van der Waals surface area contributed by atoms with Gasteiger partial charge in [-0.15, -0.1) is 0 Å². The van der Waals surface area contributed by atoms with E-state index in [9.17, 15) is 4.39 Å². The average molecular weight is 329 g/mol. The molecule has 0 aliphatic rings. The minimum Gasteiger partial charge on any atom is -0.489 e. The molecule has 2 aromatic carbocycles. The summed E-state index contributed by atoms with van der Waals surface area (Å²) in [6, 6.07) is 8.92. The summed E-state index contributed by atoms with van der Waals surface area (Å²) in [6.45, 7) is -0.00103. The Labute approximate surface area is 130 Å². The second-order valence-corrected chi connectivity index (χ2v) is 5.06. The Bertz CT molecular complexity index is 672. The van der Waals surface area contributed by atoms with E-state index in [4.69, 9.17) is 38.9 Å². The van der Waals surface area contributed by atoms with E-state index in [-0.39, 0.29) is 18.0 Å². The summed E-state index contributed by atoms with van der Waals surface area (Å²) in [6.07, 6.45) is 0. The second-order valence-electron chi connectivity index (χ2n) is 4.19. The monoisotopic (exact) mass is 328 g/mol. The van der Waals surface area contributed by atoms with Crippen LogP contribution in [0.2, 0.25) is 10.0 Å². The molecule has 7 heteroatoms. The van der Waals surface area contributed by atoms with Crippen molar-refractivity contribution in [2.75, 3.05) is 0 Å². The van der Waals surface area contributed by atoms with Crippen molar-refractivity contribution in [3.05, 3.63) is 63.4 Å². The van der Waals surface area contributed by atoms with Crippen molar-refractivity contribution in [3.63, 3.8) is 0 Å². The van der Waals surface area contributed by atoms with Crippen molar-refractivity contribution in [1.82, 2.24) is 0 Å². The number of hydrogen-bond acceptors (Lipinski definition) is 3. The summed E-state index contributed by atoms with van der Waals surface area (Å²) in [4.78, 5) is 0. The minimum absolute atomic E-state index is 0.00103. The van der Waals surface area contributed by atoms with Crippen molar-refractivity contribution in [1.29, 1.82) is 0 Å². The highest BCUT2D eigenvalue weighted by Gasteiger charge is 2.08. The van der Waals surface area contributed by atoms with Gasteiger partial charge in [-0.25, -0.2) is 4.39 Å². The lowest BCUT2D eigenvalue weighted by Gasteiger charge is -2.09. The second kappa shape index (κ2) is 6.65. The van der Waals surface area contributed by atoms with Crippen LogP contribution in [0.3, 0.4) is 0 Å². The Kier molecular flexibility index (Phi) is 4.88. The Hall–Kier alpha value is -1.98. The number of hydrogen-bond donors (Lipinski definition) is 2. The third kappa shape index (κ3) is 4.00. The summed E-state index contributed by atoms with van der Waals surface area (Å²) in [5.41, 5.74) is 5.99. The first-order valence-corrected chi connectivity index (χ1v) is 6.60. The van der Waals surface area contributed by atoms with Crippen molar-refractivity contribution >= 4 is 29.0 Å².